The first-order valence-corrected chi connectivity index (χ1v) is 6.05. The summed E-state index contributed by atoms with van der Waals surface area (Å²) in [5.41, 5.74) is 0.386. The molecule has 0 fully saturated rings. The number of rotatable bonds is 5. The van der Waals surface area contributed by atoms with Crippen molar-refractivity contribution in [2.24, 2.45) is 0 Å². The molecule has 0 radical (unpaired) electrons. The van der Waals surface area contributed by atoms with Crippen molar-refractivity contribution >= 4 is 5.97 Å². The average Bonchev–Trinajstić information content (AvgIpc) is 2.82. The monoisotopic (exact) mass is 261 g/mol. The van der Waals surface area contributed by atoms with Gasteiger partial charge in [-0.25, -0.2) is 4.79 Å². The third-order valence-electron chi connectivity index (χ3n) is 2.75. The molecule has 100 valence electrons. The molecule has 19 heavy (non-hydrogen) atoms. The minimum atomic E-state index is -0.397. The molecule has 0 aliphatic heterocycles. The van der Waals surface area contributed by atoms with Crippen LogP contribution in [0.4, 0.5) is 0 Å². The van der Waals surface area contributed by atoms with E-state index in [0.717, 1.165) is 0 Å². The summed E-state index contributed by atoms with van der Waals surface area (Å²) in [4.78, 5) is 23.1. The molecule has 2 aromatic heterocycles. The van der Waals surface area contributed by atoms with Crippen LogP contribution in [0, 0.1) is 6.92 Å². The lowest BCUT2D eigenvalue weighted by Crippen LogP contribution is -2.19. The van der Waals surface area contributed by atoms with Gasteiger partial charge in [-0.3, -0.25) is 4.79 Å². The fraction of sp³-hybridized carbons (Fsp3) is 0.286. The molecule has 0 atom stereocenters. The Balaban J connectivity index is 1.79. The van der Waals surface area contributed by atoms with Gasteiger partial charge in [0.1, 0.15) is 11.3 Å². The van der Waals surface area contributed by atoms with Crippen LogP contribution in [0.15, 0.2) is 45.9 Å². The van der Waals surface area contributed by atoms with Crippen LogP contribution in [0.1, 0.15) is 22.5 Å². The standard InChI is InChI=1S/C14H15NO4/c1-11-12(6-10-18-11)14(17)19-9-4-8-15-7-3-2-5-13(15)16/h2-3,5-7,10H,4,8-9H2,1H3. The second-order valence-electron chi connectivity index (χ2n) is 4.11. The molecule has 0 aliphatic rings. The Hall–Kier alpha value is -2.30. The Labute approximate surface area is 110 Å². The molecule has 5 nitrogen and oxygen atoms in total. The first kappa shape index (κ1) is 13.1. The Morgan fingerprint density at radius 1 is 1.37 bits per heavy atom. The lowest BCUT2D eigenvalue weighted by atomic mass is 10.3. The van der Waals surface area contributed by atoms with Crippen molar-refractivity contribution < 1.29 is 13.9 Å². The lowest BCUT2D eigenvalue weighted by Gasteiger charge is -2.06. The van der Waals surface area contributed by atoms with E-state index in [1.54, 1.807) is 35.9 Å². The zero-order valence-corrected chi connectivity index (χ0v) is 10.7. The molecule has 0 amide bonds. The van der Waals surface area contributed by atoms with Crippen molar-refractivity contribution in [3.8, 4) is 0 Å². The Morgan fingerprint density at radius 2 is 2.21 bits per heavy atom. The van der Waals surface area contributed by atoms with Crippen molar-refractivity contribution in [3.63, 3.8) is 0 Å². The van der Waals surface area contributed by atoms with E-state index >= 15 is 0 Å². The zero-order chi connectivity index (χ0) is 13.7. The van der Waals surface area contributed by atoms with Gasteiger partial charge in [-0.05, 0) is 25.5 Å². The molecule has 0 aliphatic carbocycles. The van der Waals surface area contributed by atoms with E-state index in [9.17, 15) is 9.59 Å². The molecule has 0 spiro atoms. The Kier molecular flexibility index (Phi) is 4.18. The van der Waals surface area contributed by atoms with Gasteiger partial charge in [0.25, 0.3) is 0 Å². The van der Waals surface area contributed by atoms with Gasteiger partial charge >= 0.3 is 5.97 Å². The first-order valence-electron chi connectivity index (χ1n) is 6.05. The van der Waals surface area contributed by atoms with Gasteiger partial charge in [0.05, 0.1) is 12.9 Å². The summed E-state index contributed by atoms with van der Waals surface area (Å²) < 4.78 is 11.7. The number of esters is 1. The average molecular weight is 261 g/mol. The highest BCUT2D eigenvalue weighted by atomic mass is 16.5. The number of nitrogens with zero attached hydrogens (tertiary/aromatic N) is 1. The van der Waals surface area contributed by atoms with Crippen LogP contribution in [0.25, 0.3) is 0 Å². The largest absolute Gasteiger partial charge is 0.469 e. The molecular weight excluding hydrogens is 246 g/mol. The first-order chi connectivity index (χ1) is 9.18. The van der Waals surface area contributed by atoms with Gasteiger partial charge in [-0.2, -0.15) is 0 Å². The van der Waals surface area contributed by atoms with Gasteiger partial charge < -0.3 is 13.7 Å². The van der Waals surface area contributed by atoms with Crippen LogP contribution in [0.2, 0.25) is 0 Å². The third kappa shape index (κ3) is 3.34. The number of pyridine rings is 1. The molecule has 0 unspecified atom stereocenters. The predicted molar refractivity (Wildman–Crippen MR) is 69.0 cm³/mol. The maximum atomic E-state index is 11.7. The van der Waals surface area contributed by atoms with E-state index in [4.69, 9.17) is 9.15 Å². The number of carbonyl (C=O) groups is 1. The van der Waals surface area contributed by atoms with Gasteiger partial charge in [0.15, 0.2) is 0 Å². The number of furan rings is 1. The van der Waals surface area contributed by atoms with Crippen LogP contribution < -0.4 is 5.56 Å². The van der Waals surface area contributed by atoms with E-state index in [1.807, 2.05) is 0 Å². The van der Waals surface area contributed by atoms with Crippen molar-refractivity contribution in [3.05, 3.63) is 58.4 Å². The van der Waals surface area contributed by atoms with E-state index in [1.165, 1.54) is 12.3 Å². The molecule has 2 rings (SSSR count). The summed E-state index contributed by atoms with van der Waals surface area (Å²) in [5.74, 6) is 0.149. The molecule has 0 saturated heterocycles. The van der Waals surface area contributed by atoms with Crippen LogP contribution in [0.3, 0.4) is 0 Å². The Bertz CT molecular complexity index is 612. The lowest BCUT2D eigenvalue weighted by molar-refractivity contribution is 0.0493. The third-order valence-corrected chi connectivity index (χ3v) is 2.75. The number of aryl methyl sites for hydroxylation is 2. The fourth-order valence-electron chi connectivity index (χ4n) is 1.72. The van der Waals surface area contributed by atoms with E-state index < -0.39 is 5.97 Å². The predicted octanol–water partition coefficient (Wildman–Crippen LogP) is 2.00. The van der Waals surface area contributed by atoms with Crippen molar-refractivity contribution in [2.75, 3.05) is 6.61 Å². The van der Waals surface area contributed by atoms with Crippen LogP contribution in [-0.4, -0.2) is 17.1 Å². The summed E-state index contributed by atoms with van der Waals surface area (Å²) in [5, 5.41) is 0. The van der Waals surface area contributed by atoms with Gasteiger partial charge in [0, 0.05) is 18.8 Å². The highest BCUT2D eigenvalue weighted by molar-refractivity contribution is 5.90. The van der Waals surface area contributed by atoms with Crippen molar-refractivity contribution in [2.45, 2.75) is 19.9 Å². The fourth-order valence-corrected chi connectivity index (χ4v) is 1.72. The van der Waals surface area contributed by atoms with Crippen LogP contribution in [0.5, 0.6) is 0 Å². The maximum Gasteiger partial charge on any atom is 0.341 e. The summed E-state index contributed by atoms with van der Waals surface area (Å²) in [7, 11) is 0. The molecule has 0 aromatic carbocycles. The van der Waals surface area contributed by atoms with Gasteiger partial charge in [0.2, 0.25) is 5.56 Å². The smallest absolute Gasteiger partial charge is 0.341 e. The number of carbonyl (C=O) groups excluding carboxylic acids is 1. The number of ether oxygens (including phenoxy) is 1. The van der Waals surface area contributed by atoms with Crippen molar-refractivity contribution in [1.82, 2.24) is 4.57 Å². The van der Waals surface area contributed by atoms with Crippen LogP contribution in [-0.2, 0) is 11.3 Å². The molecule has 0 saturated carbocycles. The zero-order valence-electron chi connectivity index (χ0n) is 10.7. The number of aromatic nitrogens is 1. The normalized spacial score (nSPS) is 10.4. The maximum absolute atomic E-state index is 11.7. The van der Waals surface area contributed by atoms with E-state index in [-0.39, 0.29) is 12.2 Å². The summed E-state index contributed by atoms with van der Waals surface area (Å²) in [6, 6.07) is 6.57. The molecular formula is C14H15NO4. The molecule has 2 aromatic rings. The summed E-state index contributed by atoms with van der Waals surface area (Å²) in [6.07, 6.45) is 3.76. The summed E-state index contributed by atoms with van der Waals surface area (Å²) in [6.45, 7) is 2.50. The molecule has 2 heterocycles. The minimum Gasteiger partial charge on any atom is -0.469 e. The quantitative estimate of drug-likeness (QED) is 0.610. The second-order valence-corrected chi connectivity index (χ2v) is 4.11. The Morgan fingerprint density at radius 3 is 2.89 bits per heavy atom. The van der Waals surface area contributed by atoms with Gasteiger partial charge in [-0.15, -0.1) is 0 Å². The van der Waals surface area contributed by atoms with E-state index in [0.29, 0.717) is 24.3 Å². The van der Waals surface area contributed by atoms with Crippen LogP contribution >= 0.6 is 0 Å². The summed E-state index contributed by atoms with van der Waals surface area (Å²) >= 11 is 0. The highest BCUT2D eigenvalue weighted by Gasteiger charge is 2.12. The van der Waals surface area contributed by atoms with Gasteiger partial charge in [-0.1, -0.05) is 6.07 Å². The highest BCUT2D eigenvalue weighted by Crippen LogP contribution is 2.10. The molecule has 0 N–H and O–H groups in total. The SMILES string of the molecule is Cc1occc1C(=O)OCCCn1ccccc1=O. The van der Waals surface area contributed by atoms with Crippen molar-refractivity contribution in [1.29, 1.82) is 0 Å². The topological polar surface area (TPSA) is 61.4 Å². The second kappa shape index (κ2) is 6.04. The molecule has 0 bridgehead atoms. The minimum absolute atomic E-state index is 0.0560. The van der Waals surface area contributed by atoms with E-state index in [2.05, 4.69) is 0 Å². The number of hydrogen-bond acceptors (Lipinski definition) is 4. The molecule has 5 heteroatoms. The number of hydrogen-bond donors (Lipinski definition) is 0.